The molecule has 0 saturated carbocycles. The first kappa shape index (κ1) is 8.12. The van der Waals surface area contributed by atoms with Crippen molar-refractivity contribution in [1.29, 1.82) is 0 Å². The van der Waals surface area contributed by atoms with Crippen LogP contribution in [0.15, 0.2) is 12.3 Å². The molecule has 0 radical (unpaired) electrons. The van der Waals surface area contributed by atoms with Crippen molar-refractivity contribution in [2.45, 2.75) is 0 Å². The highest BCUT2D eigenvalue weighted by molar-refractivity contribution is 7.77. The van der Waals surface area contributed by atoms with Crippen molar-refractivity contribution in [2.75, 3.05) is 0 Å². The number of aliphatic carboxylic acids is 1. The normalized spacial score (nSPS) is 12.1. The Morgan fingerprint density at radius 2 is 2.22 bits per heavy atom. The summed E-state index contributed by atoms with van der Waals surface area (Å²) in [6.07, 6.45) is 0. The van der Waals surface area contributed by atoms with E-state index in [1.807, 2.05) is 0 Å². The quantitative estimate of drug-likeness (QED) is 0.397. The van der Waals surface area contributed by atoms with Crippen LogP contribution < -0.4 is 4.72 Å². The van der Waals surface area contributed by atoms with Crippen LogP contribution in [-0.2, 0) is 16.1 Å². The van der Waals surface area contributed by atoms with Gasteiger partial charge in [0.25, 0.3) is 0 Å². The molecule has 9 heavy (non-hydrogen) atoms. The number of carboxylic acid groups (broad SMARTS) is 1. The lowest BCUT2D eigenvalue weighted by Crippen LogP contribution is -2.20. The smallest absolute Gasteiger partial charge is 0.352 e. The second kappa shape index (κ2) is 3.21. The molecule has 2 N–H and O–H groups in total. The van der Waals surface area contributed by atoms with Gasteiger partial charge in [0.2, 0.25) is 0 Å². The van der Waals surface area contributed by atoms with Gasteiger partial charge in [-0.1, -0.05) is 6.58 Å². The molecule has 0 saturated heterocycles. The monoisotopic (exact) mass is 150 g/mol. The molecule has 52 valence electrons. The van der Waals surface area contributed by atoms with Gasteiger partial charge in [-0.15, -0.1) is 0 Å². The Kier molecular flexibility index (Phi) is 2.89. The number of rotatable bonds is 3. The van der Waals surface area contributed by atoms with Gasteiger partial charge in [0.05, 0.1) is 0 Å². The predicted octanol–water partition coefficient (Wildman–Crippen LogP) is -1.03. The summed E-state index contributed by atoms with van der Waals surface area (Å²) >= 11 is -2.60. The average Bonchev–Trinajstić information content (AvgIpc) is 1.63. The summed E-state index contributed by atoms with van der Waals surface area (Å²) in [4.78, 5) is 9.80. The molecule has 0 aliphatic heterocycles. The lowest BCUT2D eigenvalue weighted by Gasteiger charge is -2.05. The molecule has 0 bridgehead atoms. The first-order valence-electron chi connectivity index (χ1n) is 1.82. The lowest BCUT2D eigenvalue weighted by atomic mass is 10.5. The molecule has 0 amide bonds. The third kappa shape index (κ3) is 3.68. The van der Waals surface area contributed by atoms with Crippen molar-refractivity contribution in [3.8, 4) is 0 Å². The molecule has 1 atom stereocenters. The maximum Gasteiger partial charge on any atom is 0.352 e. The summed E-state index contributed by atoms with van der Waals surface area (Å²) in [6.45, 7) is 2.89. The molecule has 0 fully saturated rings. The number of nitrogens with one attached hydrogen (secondary N) is 1. The second-order valence-corrected chi connectivity index (χ2v) is 1.79. The molecule has 0 aliphatic carbocycles. The van der Waals surface area contributed by atoms with E-state index in [2.05, 4.69) is 6.58 Å². The van der Waals surface area contributed by atoms with E-state index in [0.29, 0.717) is 0 Å². The molecule has 0 heterocycles. The van der Waals surface area contributed by atoms with E-state index in [1.165, 1.54) is 0 Å². The van der Waals surface area contributed by atoms with E-state index in [4.69, 9.17) is 5.11 Å². The Hall–Kier alpha value is -0.880. The Morgan fingerprint density at radius 1 is 1.78 bits per heavy atom. The minimum Gasteiger partial charge on any atom is -0.755 e. The fraction of sp³-hybridized carbons (Fsp3) is 0. The van der Waals surface area contributed by atoms with E-state index < -0.39 is 22.9 Å². The fourth-order valence-corrected chi connectivity index (χ4v) is 0.433. The van der Waals surface area contributed by atoms with Gasteiger partial charge in [0.1, 0.15) is 5.70 Å². The molecule has 1 unspecified atom stereocenters. The van der Waals surface area contributed by atoms with Gasteiger partial charge in [0.15, 0.2) is 0 Å². The van der Waals surface area contributed by atoms with Crippen LogP contribution in [0.1, 0.15) is 0 Å². The second-order valence-electron chi connectivity index (χ2n) is 1.12. The zero-order chi connectivity index (χ0) is 7.44. The SMILES string of the molecule is C=C(NS(=O)[O-])C(=O)O. The minimum atomic E-state index is -2.60. The van der Waals surface area contributed by atoms with Gasteiger partial charge in [-0.3, -0.25) is 4.21 Å². The third-order valence-corrected chi connectivity index (χ3v) is 0.878. The zero-order valence-corrected chi connectivity index (χ0v) is 5.10. The van der Waals surface area contributed by atoms with Gasteiger partial charge >= 0.3 is 5.97 Å². The summed E-state index contributed by atoms with van der Waals surface area (Å²) in [5.74, 6) is -1.39. The molecule has 0 aromatic rings. The Balaban J connectivity index is 3.79. The molecular weight excluding hydrogens is 146 g/mol. The fourth-order valence-electron chi connectivity index (χ4n) is 0.144. The van der Waals surface area contributed by atoms with Crippen LogP contribution in [0.3, 0.4) is 0 Å². The van der Waals surface area contributed by atoms with Crippen LogP contribution in [0.5, 0.6) is 0 Å². The predicted molar refractivity (Wildman–Crippen MR) is 28.8 cm³/mol. The maximum atomic E-state index is 9.80. The van der Waals surface area contributed by atoms with Crippen molar-refractivity contribution in [3.05, 3.63) is 12.3 Å². The van der Waals surface area contributed by atoms with Crippen molar-refractivity contribution >= 4 is 17.2 Å². The summed E-state index contributed by atoms with van der Waals surface area (Å²) in [6, 6.07) is 0. The van der Waals surface area contributed by atoms with Gasteiger partial charge in [-0.2, -0.15) is 0 Å². The topological polar surface area (TPSA) is 89.5 Å². The summed E-state index contributed by atoms with van der Waals surface area (Å²) < 4.78 is 20.9. The molecule has 5 nitrogen and oxygen atoms in total. The standard InChI is InChI=1S/C3H5NO4S/c1-2(3(5)6)4-9(7)8/h4H,1H2,(H,5,6)(H,7,8)/p-1. The highest BCUT2D eigenvalue weighted by Gasteiger charge is 2.00. The van der Waals surface area contributed by atoms with Gasteiger partial charge < -0.3 is 14.4 Å². The highest BCUT2D eigenvalue weighted by atomic mass is 32.2. The Bertz CT molecular complexity index is 165. The van der Waals surface area contributed by atoms with Gasteiger partial charge in [0, 0.05) is 11.3 Å². The average molecular weight is 150 g/mol. The van der Waals surface area contributed by atoms with E-state index in [1.54, 1.807) is 4.72 Å². The lowest BCUT2D eigenvalue weighted by molar-refractivity contribution is -0.132. The van der Waals surface area contributed by atoms with Gasteiger partial charge in [-0.25, -0.2) is 4.79 Å². The highest BCUT2D eigenvalue weighted by Crippen LogP contribution is 1.81. The third-order valence-electron chi connectivity index (χ3n) is 0.465. The minimum absolute atomic E-state index is 0.566. The molecular formula is C3H4NO4S-. The van der Waals surface area contributed by atoms with Gasteiger partial charge in [-0.05, 0) is 0 Å². The van der Waals surface area contributed by atoms with Crippen LogP contribution in [0, 0.1) is 0 Å². The zero-order valence-electron chi connectivity index (χ0n) is 4.29. The molecule has 6 heteroatoms. The van der Waals surface area contributed by atoms with E-state index in [-0.39, 0.29) is 0 Å². The van der Waals surface area contributed by atoms with Crippen molar-refractivity contribution in [3.63, 3.8) is 0 Å². The summed E-state index contributed by atoms with van der Waals surface area (Å²) in [7, 11) is 0. The van der Waals surface area contributed by atoms with E-state index in [9.17, 15) is 13.6 Å². The van der Waals surface area contributed by atoms with Crippen LogP contribution >= 0.6 is 0 Å². The van der Waals surface area contributed by atoms with Crippen molar-refractivity contribution < 1.29 is 18.7 Å². The first-order chi connectivity index (χ1) is 4.04. The molecule has 0 rings (SSSR count). The maximum absolute atomic E-state index is 9.80. The number of hydrogen-bond acceptors (Lipinski definition) is 3. The van der Waals surface area contributed by atoms with Crippen LogP contribution in [-0.4, -0.2) is 19.8 Å². The van der Waals surface area contributed by atoms with Crippen LogP contribution in [0.25, 0.3) is 0 Å². The largest absolute Gasteiger partial charge is 0.755 e. The molecule has 0 aliphatic rings. The van der Waals surface area contributed by atoms with Crippen molar-refractivity contribution in [2.24, 2.45) is 0 Å². The van der Waals surface area contributed by atoms with Crippen LogP contribution in [0.4, 0.5) is 0 Å². The Labute approximate surface area is 53.8 Å². The first-order valence-corrected chi connectivity index (χ1v) is 2.89. The molecule has 0 spiro atoms. The number of carbonyl (C=O) groups is 1. The summed E-state index contributed by atoms with van der Waals surface area (Å²) in [5.41, 5.74) is -0.566. The summed E-state index contributed by atoms with van der Waals surface area (Å²) in [5, 5.41) is 8.00. The number of hydrogen-bond donors (Lipinski definition) is 2. The number of carboxylic acids is 1. The van der Waals surface area contributed by atoms with E-state index >= 15 is 0 Å². The molecule has 0 aromatic heterocycles. The van der Waals surface area contributed by atoms with Crippen molar-refractivity contribution in [1.82, 2.24) is 4.72 Å². The van der Waals surface area contributed by atoms with Crippen LogP contribution in [0.2, 0.25) is 0 Å². The molecule has 0 aromatic carbocycles. The van der Waals surface area contributed by atoms with E-state index in [0.717, 1.165) is 0 Å². The Morgan fingerprint density at radius 3 is 2.33 bits per heavy atom.